The molecule has 1 aliphatic rings. The molecule has 0 saturated carbocycles. The summed E-state index contributed by atoms with van der Waals surface area (Å²) in [7, 11) is 1.61. The molecule has 1 amide bonds. The van der Waals surface area contributed by atoms with Gasteiger partial charge in [-0.2, -0.15) is 0 Å². The van der Waals surface area contributed by atoms with Gasteiger partial charge in [0.2, 0.25) is 0 Å². The van der Waals surface area contributed by atoms with Crippen molar-refractivity contribution in [1.82, 2.24) is 15.3 Å². The lowest BCUT2D eigenvalue weighted by Gasteiger charge is -2.23. The van der Waals surface area contributed by atoms with Crippen LogP contribution in [0, 0.1) is 6.92 Å². The van der Waals surface area contributed by atoms with Gasteiger partial charge in [-0.25, -0.2) is 9.97 Å². The number of benzene rings is 1. The summed E-state index contributed by atoms with van der Waals surface area (Å²) in [6.45, 7) is 3.18. The van der Waals surface area contributed by atoms with E-state index in [0.29, 0.717) is 37.0 Å². The average Bonchev–Trinajstić information content (AvgIpc) is 3.21. The van der Waals surface area contributed by atoms with Gasteiger partial charge in [-0.15, -0.1) is 0 Å². The van der Waals surface area contributed by atoms with Crippen LogP contribution in [0.15, 0.2) is 47.2 Å². The highest BCUT2D eigenvalue weighted by Gasteiger charge is 2.19. The minimum atomic E-state index is -0.164. The number of pyridine rings is 1. The van der Waals surface area contributed by atoms with Crippen LogP contribution >= 0.6 is 0 Å². The van der Waals surface area contributed by atoms with Gasteiger partial charge in [0.15, 0.2) is 5.89 Å². The van der Waals surface area contributed by atoms with Crippen molar-refractivity contribution in [2.24, 2.45) is 0 Å². The van der Waals surface area contributed by atoms with E-state index in [0.717, 1.165) is 35.2 Å². The van der Waals surface area contributed by atoms with Crippen molar-refractivity contribution in [1.29, 1.82) is 0 Å². The summed E-state index contributed by atoms with van der Waals surface area (Å²) in [5.41, 5.74) is 4.21. The first kappa shape index (κ1) is 20.1. The highest BCUT2D eigenvalue weighted by atomic mass is 16.5. The average molecular weight is 407 g/mol. The molecule has 1 saturated heterocycles. The van der Waals surface area contributed by atoms with E-state index in [9.17, 15) is 4.79 Å². The largest absolute Gasteiger partial charge is 0.495 e. The molecule has 4 rings (SSSR count). The van der Waals surface area contributed by atoms with Crippen LogP contribution in [-0.2, 0) is 11.2 Å². The SMILES string of the molecule is COc1cnc(C(=O)NC2CCOCC2)cc1Cc1ccc(-c2coc(C)n2)cc1. The number of amides is 1. The van der Waals surface area contributed by atoms with Crippen molar-refractivity contribution in [3.63, 3.8) is 0 Å². The van der Waals surface area contributed by atoms with Crippen molar-refractivity contribution >= 4 is 5.91 Å². The summed E-state index contributed by atoms with van der Waals surface area (Å²) in [5.74, 6) is 1.14. The number of hydrogen-bond donors (Lipinski definition) is 1. The summed E-state index contributed by atoms with van der Waals surface area (Å²) in [6, 6.07) is 10.0. The molecule has 3 aromatic rings. The van der Waals surface area contributed by atoms with Crippen LogP contribution in [0.4, 0.5) is 0 Å². The molecule has 156 valence electrons. The lowest BCUT2D eigenvalue weighted by molar-refractivity contribution is 0.0694. The zero-order chi connectivity index (χ0) is 20.9. The van der Waals surface area contributed by atoms with E-state index in [1.807, 2.05) is 37.3 Å². The van der Waals surface area contributed by atoms with E-state index < -0.39 is 0 Å². The number of aromatic nitrogens is 2. The minimum absolute atomic E-state index is 0.131. The lowest BCUT2D eigenvalue weighted by atomic mass is 10.0. The highest BCUT2D eigenvalue weighted by Crippen LogP contribution is 2.24. The van der Waals surface area contributed by atoms with E-state index in [1.165, 1.54) is 0 Å². The third-order valence-electron chi connectivity index (χ3n) is 5.22. The molecule has 1 fully saturated rings. The lowest BCUT2D eigenvalue weighted by Crippen LogP contribution is -2.39. The second-order valence-electron chi connectivity index (χ2n) is 7.37. The van der Waals surface area contributed by atoms with Crippen LogP contribution in [0.1, 0.15) is 40.3 Å². The van der Waals surface area contributed by atoms with Gasteiger partial charge in [-0.05, 0) is 24.5 Å². The summed E-state index contributed by atoms with van der Waals surface area (Å²) in [5, 5.41) is 3.05. The number of carbonyl (C=O) groups excluding carboxylic acids is 1. The molecular formula is C23H25N3O4. The number of hydrogen-bond acceptors (Lipinski definition) is 6. The second-order valence-corrected chi connectivity index (χ2v) is 7.37. The molecule has 2 aromatic heterocycles. The summed E-state index contributed by atoms with van der Waals surface area (Å²) in [4.78, 5) is 21.3. The Morgan fingerprint density at radius 2 is 2.00 bits per heavy atom. The number of oxazole rings is 1. The molecule has 7 heteroatoms. The zero-order valence-corrected chi connectivity index (χ0v) is 17.2. The number of nitrogens with zero attached hydrogens (tertiary/aromatic N) is 2. The number of aryl methyl sites for hydroxylation is 1. The van der Waals surface area contributed by atoms with Crippen LogP contribution in [0.3, 0.4) is 0 Å². The highest BCUT2D eigenvalue weighted by molar-refractivity contribution is 5.92. The van der Waals surface area contributed by atoms with Gasteiger partial charge in [0.25, 0.3) is 5.91 Å². The fourth-order valence-corrected chi connectivity index (χ4v) is 3.54. The Morgan fingerprint density at radius 3 is 2.67 bits per heavy atom. The van der Waals surface area contributed by atoms with E-state index in [1.54, 1.807) is 19.6 Å². The van der Waals surface area contributed by atoms with Gasteiger partial charge in [0, 0.05) is 43.7 Å². The number of methoxy groups -OCH3 is 1. The van der Waals surface area contributed by atoms with Gasteiger partial charge in [-0.1, -0.05) is 24.3 Å². The maximum absolute atomic E-state index is 12.6. The van der Waals surface area contributed by atoms with Gasteiger partial charge < -0.3 is 19.2 Å². The molecule has 0 spiro atoms. The van der Waals surface area contributed by atoms with E-state index in [-0.39, 0.29) is 11.9 Å². The number of rotatable bonds is 6. The molecule has 30 heavy (non-hydrogen) atoms. The molecule has 1 N–H and O–H groups in total. The van der Waals surface area contributed by atoms with E-state index in [4.69, 9.17) is 13.9 Å². The Balaban J connectivity index is 1.49. The zero-order valence-electron chi connectivity index (χ0n) is 17.2. The first-order valence-electron chi connectivity index (χ1n) is 10.1. The van der Waals surface area contributed by atoms with Crippen molar-refractivity contribution in [2.45, 2.75) is 32.2 Å². The summed E-state index contributed by atoms with van der Waals surface area (Å²) < 4.78 is 16.1. The third-order valence-corrected chi connectivity index (χ3v) is 5.22. The van der Waals surface area contributed by atoms with Gasteiger partial charge in [-0.3, -0.25) is 4.79 Å². The number of ether oxygens (including phenoxy) is 2. The predicted octanol–water partition coefficient (Wildman–Crippen LogP) is 3.55. The molecule has 0 aliphatic carbocycles. The molecule has 0 bridgehead atoms. The predicted molar refractivity (Wildman–Crippen MR) is 112 cm³/mol. The van der Waals surface area contributed by atoms with E-state index >= 15 is 0 Å². The standard InChI is InChI=1S/C23H25N3O4/c1-15-25-21(14-30-15)17-5-3-16(4-6-17)11-18-12-20(24-13-22(18)28-2)23(27)26-19-7-9-29-10-8-19/h3-6,12-14,19H,7-11H2,1-2H3,(H,26,27). The summed E-state index contributed by atoms with van der Waals surface area (Å²) >= 11 is 0. The first-order valence-corrected chi connectivity index (χ1v) is 10.1. The maximum atomic E-state index is 12.6. The van der Waals surface area contributed by atoms with Crippen molar-refractivity contribution in [2.75, 3.05) is 20.3 Å². The molecule has 1 aliphatic heterocycles. The maximum Gasteiger partial charge on any atom is 0.270 e. The second kappa shape index (κ2) is 9.09. The van der Waals surface area contributed by atoms with Crippen LogP contribution in [-0.4, -0.2) is 42.2 Å². The fourth-order valence-electron chi connectivity index (χ4n) is 3.54. The van der Waals surface area contributed by atoms with Gasteiger partial charge in [0.05, 0.1) is 13.3 Å². The van der Waals surface area contributed by atoms with Gasteiger partial charge >= 0.3 is 0 Å². The molecule has 3 heterocycles. The van der Waals surface area contributed by atoms with Crippen molar-refractivity contribution in [3.8, 4) is 17.0 Å². The number of nitrogens with one attached hydrogen (secondary N) is 1. The Morgan fingerprint density at radius 1 is 1.23 bits per heavy atom. The molecular weight excluding hydrogens is 382 g/mol. The Hall–Kier alpha value is -3.19. The Bertz CT molecular complexity index is 1010. The number of carbonyl (C=O) groups is 1. The third kappa shape index (κ3) is 4.68. The monoisotopic (exact) mass is 407 g/mol. The van der Waals surface area contributed by atoms with Gasteiger partial charge in [0.1, 0.15) is 23.4 Å². The summed E-state index contributed by atoms with van der Waals surface area (Å²) in [6.07, 6.45) is 5.54. The first-order chi connectivity index (χ1) is 14.6. The molecule has 7 nitrogen and oxygen atoms in total. The topological polar surface area (TPSA) is 86.5 Å². The molecule has 0 radical (unpaired) electrons. The minimum Gasteiger partial charge on any atom is -0.495 e. The van der Waals surface area contributed by atoms with Crippen molar-refractivity contribution in [3.05, 3.63) is 65.5 Å². The van der Waals surface area contributed by atoms with Crippen molar-refractivity contribution < 1.29 is 18.7 Å². The molecule has 0 unspecified atom stereocenters. The Kier molecular flexibility index (Phi) is 6.09. The normalized spacial score (nSPS) is 14.5. The van der Waals surface area contributed by atoms with Crippen LogP contribution in [0.25, 0.3) is 11.3 Å². The quantitative estimate of drug-likeness (QED) is 0.672. The fraction of sp³-hybridized carbons (Fsp3) is 0.348. The van der Waals surface area contributed by atoms with Crippen LogP contribution in [0.2, 0.25) is 0 Å². The molecule has 1 aromatic carbocycles. The molecule has 0 atom stereocenters. The Labute approximate surface area is 175 Å². The smallest absolute Gasteiger partial charge is 0.270 e. The van der Waals surface area contributed by atoms with E-state index in [2.05, 4.69) is 15.3 Å². The van der Waals surface area contributed by atoms with Crippen LogP contribution in [0.5, 0.6) is 5.75 Å². The van der Waals surface area contributed by atoms with Crippen LogP contribution < -0.4 is 10.1 Å².